The lowest BCUT2D eigenvalue weighted by atomic mass is 9.98. The maximum Gasteiger partial charge on any atom is 0.407 e. The van der Waals surface area contributed by atoms with Crippen LogP contribution in [0.2, 0.25) is 0 Å². The molecule has 2 aromatic heterocycles. The van der Waals surface area contributed by atoms with Gasteiger partial charge in [0.15, 0.2) is 0 Å². The molecule has 1 N–H and O–H groups in total. The summed E-state index contributed by atoms with van der Waals surface area (Å²) in [6, 6.07) is 5.44. The molecule has 1 saturated heterocycles. The summed E-state index contributed by atoms with van der Waals surface area (Å²) in [5.41, 5.74) is 1.95. The van der Waals surface area contributed by atoms with Crippen LogP contribution in [-0.2, 0) is 11.3 Å². The number of aryl methyl sites for hydroxylation is 1. The molecule has 7 heteroatoms. The number of aromatic nitrogens is 2. The summed E-state index contributed by atoms with van der Waals surface area (Å²) in [4.78, 5) is 31.3. The fraction of sp³-hybridized carbons (Fsp3) is 0.571. The van der Waals surface area contributed by atoms with Crippen LogP contribution in [0, 0.1) is 12.8 Å². The highest BCUT2D eigenvalue weighted by Gasteiger charge is 2.22. The fourth-order valence-corrected chi connectivity index (χ4v) is 3.62. The van der Waals surface area contributed by atoms with Crippen molar-refractivity contribution >= 4 is 11.7 Å². The van der Waals surface area contributed by atoms with Crippen molar-refractivity contribution < 1.29 is 9.53 Å². The molecule has 152 valence electrons. The van der Waals surface area contributed by atoms with Crippen LogP contribution in [0.25, 0.3) is 5.65 Å². The Morgan fingerprint density at radius 1 is 1.39 bits per heavy atom. The zero-order valence-electron chi connectivity index (χ0n) is 17.2. The first kappa shape index (κ1) is 20.3. The number of piperidine rings is 1. The lowest BCUT2D eigenvalue weighted by Crippen LogP contribution is -2.42. The zero-order valence-corrected chi connectivity index (χ0v) is 17.2. The second-order valence-corrected chi connectivity index (χ2v) is 8.60. The van der Waals surface area contributed by atoms with Crippen LogP contribution in [0.1, 0.15) is 44.9 Å². The fourth-order valence-electron chi connectivity index (χ4n) is 3.62. The van der Waals surface area contributed by atoms with Gasteiger partial charge < -0.3 is 10.1 Å². The quantitative estimate of drug-likeness (QED) is 0.874. The molecule has 28 heavy (non-hydrogen) atoms. The van der Waals surface area contributed by atoms with Crippen LogP contribution >= 0.6 is 0 Å². The Bertz CT molecular complexity index is 901. The molecule has 3 rings (SSSR count). The van der Waals surface area contributed by atoms with E-state index in [2.05, 4.69) is 10.2 Å². The van der Waals surface area contributed by atoms with Gasteiger partial charge in [0, 0.05) is 31.9 Å². The van der Waals surface area contributed by atoms with E-state index in [1.165, 1.54) is 0 Å². The predicted octanol–water partition coefficient (Wildman–Crippen LogP) is 2.74. The minimum Gasteiger partial charge on any atom is -0.444 e. The van der Waals surface area contributed by atoms with Crippen molar-refractivity contribution in [1.29, 1.82) is 0 Å². The molecule has 0 spiro atoms. The van der Waals surface area contributed by atoms with Gasteiger partial charge in [0.25, 0.3) is 5.56 Å². The van der Waals surface area contributed by atoms with Gasteiger partial charge in [-0.2, -0.15) is 0 Å². The molecule has 0 bridgehead atoms. The monoisotopic (exact) mass is 386 g/mol. The van der Waals surface area contributed by atoms with Gasteiger partial charge in [0.05, 0.1) is 5.69 Å². The highest BCUT2D eigenvalue weighted by Crippen LogP contribution is 2.18. The number of carbonyl (C=O) groups excluding carboxylic acids is 1. The average molecular weight is 386 g/mol. The second-order valence-electron chi connectivity index (χ2n) is 8.60. The summed E-state index contributed by atoms with van der Waals surface area (Å²) in [6.07, 6.45) is 3.51. The first-order valence-electron chi connectivity index (χ1n) is 9.88. The van der Waals surface area contributed by atoms with Crippen molar-refractivity contribution in [3.8, 4) is 0 Å². The number of hydrogen-bond acceptors (Lipinski definition) is 5. The van der Waals surface area contributed by atoms with Crippen LogP contribution in [0.4, 0.5) is 4.79 Å². The van der Waals surface area contributed by atoms with E-state index in [0.717, 1.165) is 37.2 Å². The Hall–Kier alpha value is -2.41. The summed E-state index contributed by atoms with van der Waals surface area (Å²) >= 11 is 0. The minimum absolute atomic E-state index is 0.0520. The molecular formula is C21H30N4O3. The van der Waals surface area contributed by atoms with E-state index in [1.54, 1.807) is 16.7 Å². The van der Waals surface area contributed by atoms with E-state index >= 15 is 0 Å². The maximum absolute atomic E-state index is 12.4. The molecule has 1 fully saturated rings. The number of fused-ring (bicyclic) bond motifs is 1. The molecule has 2 aromatic rings. The zero-order chi connectivity index (χ0) is 20.3. The van der Waals surface area contributed by atoms with E-state index < -0.39 is 5.60 Å². The lowest BCUT2D eigenvalue weighted by molar-refractivity contribution is 0.0506. The molecule has 1 atom stereocenters. The van der Waals surface area contributed by atoms with E-state index in [0.29, 0.717) is 24.7 Å². The van der Waals surface area contributed by atoms with E-state index in [4.69, 9.17) is 9.72 Å². The summed E-state index contributed by atoms with van der Waals surface area (Å²) in [7, 11) is 0. The highest BCUT2D eigenvalue weighted by molar-refractivity contribution is 5.67. The molecule has 0 aromatic carbocycles. The third-order valence-electron chi connectivity index (χ3n) is 4.86. The molecule has 1 aliphatic heterocycles. The molecule has 1 unspecified atom stereocenters. The van der Waals surface area contributed by atoms with Gasteiger partial charge in [-0.1, -0.05) is 6.07 Å². The largest absolute Gasteiger partial charge is 0.444 e. The van der Waals surface area contributed by atoms with Gasteiger partial charge in [-0.25, -0.2) is 9.78 Å². The molecule has 0 saturated carbocycles. The Kier molecular flexibility index (Phi) is 6.03. The Labute approximate surface area is 165 Å². The molecule has 1 amide bonds. The van der Waals surface area contributed by atoms with Crippen LogP contribution < -0.4 is 10.9 Å². The van der Waals surface area contributed by atoms with Gasteiger partial charge in [-0.3, -0.25) is 14.1 Å². The number of nitrogens with zero attached hydrogens (tertiary/aromatic N) is 3. The van der Waals surface area contributed by atoms with Crippen molar-refractivity contribution in [2.45, 2.75) is 52.7 Å². The third kappa shape index (κ3) is 5.32. The summed E-state index contributed by atoms with van der Waals surface area (Å²) in [5.74, 6) is 0.365. The number of ether oxygens (including phenoxy) is 1. The Morgan fingerprint density at radius 2 is 2.18 bits per heavy atom. The van der Waals surface area contributed by atoms with Gasteiger partial charge in [0.1, 0.15) is 11.2 Å². The second kappa shape index (κ2) is 8.31. The van der Waals surface area contributed by atoms with Crippen LogP contribution in [0.15, 0.2) is 29.2 Å². The number of likely N-dealkylation sites (tertiary alicyclic amines) is 1. The topological polar surface area (TPSA) is 75.9 Å². The Morgan fingerprint density at radius 3 is 2.93 bits per heavy atom. The average Bonchev–Trinajstić information content (AvgIpc) is 2.60. The number of hydrogen-bond donors (Lipinski definition) is 1. The molecule has 7 nitrogen and oxygen atoms in total. The minimum atomic E-state index is -0.489. The van der Waals surface area contributed by atoms with Crippen molar-refractivity contribution in [1.82, 2.24) is 19.6 Å². The normalized spacial score (nSPS) is 18.2. The standard InChI is InChI=1S/C21H30N4O3/c1-15-7-5-10-25-18(26)11-17(23-19(15)25)14-24-9-6-8-16(13-24)12-22-20(27)28-21(2,3)4/h5,7,10-11,16H,6,8-9,12-14H2,1-4H3,(H,22,27). The predicted molar refractivity (Wildman–Crippen MR) is 108 cm³/mol. The maximum atomic E-state index is 12.4. The number of alkyl carbamates (subject to hydrolysis) is 1. The number of nitrogens with one attached hydrogen (secondary N) is 1. The Balaban J connectivity index is 1.61. The molecular weight excluding hydrogens is 356 g/mol. The number of pyridine rings is 1. The van der Waals surface area contributed by atoms with Gasteiger partial charge >= 0.3 is 6.09 Å². The van der Waals surface area contributed by atoms with E-state index in [9.17, 15) is 9.59 Å². The molecule has 0 radical (unpaired) electrons. The molecule has 0 aliphatic carbocycles. The van der Waals surface area contributed by atoms with Crippen LogP contribution in [-0.4, -0.2) is 45.6 Å². The first-order chi connectivity index (χ1) is 13.2. The lowest BCUT2D eigenvalue weighted by Gasteiger charge is -2.32. The van der Waals surface area contributed by atoms with Crippen molar-refractivity contribution in [3.63, 3.8) is 0 Å². The van der Waals surface area contributed by atoms with Crippen LogP contribution in [0.3, 0.4) is 0 Å². The first-order valence-corrected chi connectivity index (χ1v) is 9.88. The molecule has 3 heterocycles. The number of rotatable bonds is 4. The van der Waals surface area contributed by atoms with E-state index in [-0.39, 0.29) is 11.7 Å². The SMILES string of the molecule is Cc1cccn2c(=O)cc(CN3CCCC(CNC(=O)OC(C)(C)C)C3)nc12. The number of amides is 1. The summed E-state index contributed by atoms with van der Waals surface area (Å²) < 4.78 is 6.89. The number of carbonyl (C=O) groups is 1. The molecule has 1 aliphatic rings. The highest BCUT2D eigenvalue weighted by atomic mass is 16.6. The van der Waals surface area contributed by atoms with Crippen molar-refractivity contribution in [2.75, 3.05) is 19.6 Å². The summed E-state index contributed by atoms with van der Waals surface area (Å²) in [5, 5.41) is 2.88. The van der Waals surface area contributed by atoms with Gasteiger partial charge in [-0.15, -0.1) is 0 Å². The third-order valence-corrected chi connectivity index (χ3v) is 4.86. The van der Waals surface area contributed by atoms with Crippen molar-refractivity contribution in [3.05, 3.63) is 46.0 Å². The smallest absolute Gasteiger partial charge is 0.407 e. The van der Waals surface area contributed by atoms with E-state index in [1.807, 2.05) is 39.8 Å². The van der Waals surface area contributed by atoms with Gasteiger partial charge in [-0.05, 0) is 64.6 Å². The van der Waals surface area contributed by atoms with Crippen molar-refractivity contribution in [2.24, 2.45) is 5.92 Å². The van der Waals surface area contributed by atoms with Crippen LogP contribution in [0.5, 0.6) is 0 Å². The van der Waals surface area contributed by atoms with Gasteiger partial charge in [0.2, 0.25) is 0 Å². The summed E-state index contributed by atoms with van der Waals surface area (Å²) in [6.45, 7) is 10.6.